The van der Waals surface area contributed by atoms with Crippen LogP contribution in [0, 0.1) is 5.92 Å². The van der Waals surface area contributed by atoms with Crippen LogP contribution in [0.1, 0.15) is 58.3 Å². The Bertz CT molecular complexity index is 141. The third kappa shape index (κ3) is 6.42. The van der Waals surface area contributed by atoms with E-state index in [1.54, 1.807) is 0 Å². The third-order valence-corrected chi connectivity index (χ3v) is 3.59. The highest BCUT2D eigenvalue weighted by Crippen LogP contribution is 2.20. The van der Waals surface area contributed by atoms with Gasteiger partial charge in [0.1, 0.15) is 0 Å². The normalized spacial score (nSPS) is 21.2. The average Bonchev–Trinajstić information content (AvgIpc) is 2.47. The zero-order chi connectivity index (χ0) is 10.9. The molecule has 15 heavy (non-hydrogen) atoms. The molecule has 1 fully saturated rings. The number of rotatable bonds is 6. The monoisotopic (exact) mass is 232 g/mol. The van der Waals surface area contributed by atoms with Crippen LogP contribution in [0.4, 0.5) is 0 Å². The molecule has 0 aromatic carbocycles. The summed E-state index contributed by atoms with van der Waals surface area (Å²) in [5.41, 5.74) is 0. The van der Waals surface area contributed by atoms with Crippen LogP contribution in [0.5, 0.6) is 0 Å². The molecule has 1 rings (SSSR count). The maximum Gasteiger partial charge on any atom is 0.0575 e. The first-order valence-electron chi connectivity index (χ1n) is 6.50. The minimum atomic E-state index is 0.552. The standard InChI is InChI=1S/C13H25ClO/c1-12(8-10-14)9-11-15-13-6-4-2-3-5-7-13/h12-13H,2-11H2,1H3. The second-order valence-corrected chi connectivity index (χ2v) is 5.23. The van der Waals surface area contributed by atoms with Crippen molar-refractivity contribution in [2.75, 3.05) is 12.5 Å². The maximum atomic E-state index is 5.94. The summed E-state index contributed by atoms with van der Waals surface area (Å²) in [5, 5.41) is 0. The Balaban J connectivity index is 2.02. The van der Waals surface area contributed by atoms with Crippen LogP contribution >= 0.6 is 11.6 Å². The maximum absolute atomic E-state index is 5.94. The molecule has 0 spiro atoms. The van der Waals surface area contributed by atoms with Gasteiger partial charge in [0, 0.05) is 12.5 Å². The van der Waals surface area contributed by atoms with Gasteiger partial charge in [0.25, 0.3) is 0 Å². The van der Waals surface area contributed by atoms with E-state index in [1.165, 1.54) is 44.9 Å². The van der Waals surface area contributed by atoms with E-state index in [0.29, 0.717) is 12.0 Å². The Morgan fingerprint density at radius 3 is 2.40 bits per heavy atom. The van der Waals surface area contributed by atoms with Crippen molar-refractivity contribution in [1.29, 1.82) is 0 Å². The van der Waals surface area contributed by atoms with Gasteiger partial charge in [-0.25, -0.2) is 0 Å². The molecular formula is C13H25ClO. The van der Waals surface area contributed by atoms with Crippen molar-refractivity contribution >= 4 is 11.6 Å². The molecule has 0 aromatic heterocycles. The molecule has 0 amide bonds. The van der Waals surface area contributed by atoms with Gasteiger partial charge >= 0.3 is 0 Å². The van der Waals surface area contributed by atoms with Crippen molar-refractivity contribution in [3.05, 3.63) is 0 Å². The van der Waals surface area contributed by atoms with Crippen molar-refractivity contribution in [2.24, 2.45) is 5.92 Å². The summed E-state index contributed by atoms with van der Waals surface area (Å²) in [4.78, 5) is 0. The van der Waals surface area contributed by atoms with Crippen LogP contribution in [-0.2, 0) is 4.74 Å². The summed E-state index contributed by atoms with van der Waals surface area (Å²) in [5.74, 6) is 1.50. The van der Waals surface area contributed by atoms with Gasteiger partial charge < -0.3 is 4.74 Å². The molecule has 0 aromatic rings. The Kier molecular flexibility index (Phi) is 7.46. The van der Waals surface area contributed by atoms with Gasteiger partial charge in [0.2, 0.25) is 0 Å². The molecule has 1 aliphatic carbocycles. The molecule has 90 valence electrons. The number of alkyl halides is 1. The van der Waals surface area contributed by atoms with Gasteiger partial charge in [0.15, 0.2) is 0 Å². The lowest BCUT2D eigenvalue weighted by Crippen LogP contribution is -2.14. The molecule has 1 unspecified atom stereocenters. The molecule has 0 radical (unpaired) electrons. The van der Waals surface area contributed by atoms with Crippen molar-refractivity contribution < 1.29 is 4.74 Å². The summed E-state index contributed by atoms with van der Waals surface area (Å²) in [6, 6.07) is 0. The van der Waals surface area contributed by atoms with E-state index in [1.807, 2.05) is 0 Å². The van der Waals surface area contributed by atoms with Crippen molar-refractivity contribution in [1.82, 2.24) is 0 Å². The zero-order valence-corrected chi connectivity index (χ0v) is 10.8. The van der Waals surface area contributed by atoms with E-state index in [2.05, 4.69) is 6.92 Å². The predicted molar refractivity (Wildman–Crippen MR) is 66.6 cm³/mol. The van der Waals surface area contributed by atoms with Crippen molar-refractivity contribution in [3.63, 3.8) is 0 Å². The minimum absolute atomic E-state index is 0.552. The molecule has 2 heteroatoms. The van der Waals surface area contributed by atoms with Crippen LogP contribution in [0.2, 0.25) is 0 Å². The van der Waals surface area contributed by atoms with Gasteiger partial charge in [-0.05, 0) is 31.6 Å². The van der Waals surface area contributed by atoms with E-state index in [-0.39, 0.29) is 0 Å². The first kappa shape index (κ1) is 13.3. The summed E-state index contributed by atoms with van der Waals surface area (Å²) < 4.78 is 5.94. The Labute approximate surface area is 99.5 Å². The molecule has 1 saturated carbocycles. The van der Waals surface area contributed by atoms with Crippen LogP contribution in [-0.4, -0.2) is 18.6 Å². The lowest BCUT2D eigenvalue weighted by atomic mass is 10.1. The highest BCUT2D eigenvalue weighted by atomic mass is 35.5. The topological polar surface area (TPSA) is 9.23 Å². The van der Waals surface area contributed by atoms with Crippen LogP contribution in [0.15, 0.2) is 0 Å². The average molecular weight is 233 g/mol. The molecule has 0 aliphatic heterocycles. The van der Waals surface area contributed by atoms with E-state index in [9.17, 15) is 0 Å². The molecule has 0 bridgehead atoms. The highest BCUT2D eigenvalue weighted by molar-refractivity contribution is 6.17. The molecule has 0 heterocycles. The summed E-state index contributed by atoms with van der Waals surface area (Å²) >= 11 is 5.70. The SMILES string of the molecule is CC(CCCl)CCOC1CCCCCC1. The first-order chi connectivity index (χ1) is 7.33. The number of ether oxygens (including phenoxy) is 1. The van der Waals surface area contributed by atoms with Crippen molar-refractivity contribution in [3.8, 4) is 0 Å². The van der Waals surface area contributed by atoms with Gasteiger partial charge in [-0.1, -0.05) is 32.6 Å². The Morgan fingerprint density at radius 2 is 1.80 bits per heavy atom. The van der Waals surface area contributed by atoms with Crippen LogP contribution < -0.4 is 0 Å². The van der Waals surface area contributed by atoms with E-state index >= 15 is 0 Å². The van der Waals surface area contributed by atoms with Gasteiger partial charge in [-0.3, -0.25) is 0 Å². The Hall–Kier alpha value is 0.250. The third-order valence-electron chi connectivity index (χ3n) is 3.37. The molecule has 1 aliphatic rings. The first-order valence-corrected chi connectivity index (χ1v) is 7.04. The van der Waals surface area contributed by atoms with Crippen LogP contribution in [0.25, 0.3) is 0 Å². The highest BCUT2D eigenvalue weighted by Gasteiger charge is 2.12. The number of hydrogen-bond donors (Lipinski definition) is 0. The summed E-state index contributed by atoms with van der Waals surface area (Å²) in [6.45, 7) is 3.20. The largest absolute Gasteiger partial charge is 0.378 e. The quantitative estimate of drug-likeness (QED) is 0.488. The summed E-state index contributed by atoms with van der Waals surface area (Å²) in [7, 11) is 0. The molecule has 0 saturated heterocycles. The van der Waals surface area contributed by atoms with Gasteiger partial charge in [-0.2, -0.15) is 0 Å². The fourth-order valence-electron chi connectivity index (χ4n) is 2.18. The fourth-order valence-corrected chi connectivity index (χ4v) is 2.55. The molecule has 1 atom stereocenters. The summed E-state index contributed by atoms with van der Waals surface area (Å²) in [6.07, 6.45) is 10.9. The number of halogens is 1. The number of hydrogen-bond acceptors (Lipinski definition) is 1. The smallest absolute Gasteiger partial charge is 0.0575 e. The fraction of sp³-hybridized carbons (Fsp3) is 1.00. The van der Waals surface area contributed by atoms with E-state index in [4.69, 9.17) is 16.3 Å². The second kappa shape index (κ2) is 8.41. The van der Waals surface area contributed by atoms with Crippen molar-refractivity contribution in [2.45, 2.75) is 64.4 Å². The second-order valence-electron chi connectivity index (χ2n) is 4.86. The predicted octanol–water partition coefficient (Wildman–Crippen LogP) is 4.38. The lowest BCUT2D eigenvalue weighted by Gasteiger charge is -2.17. The minimum Gasteiger partial charge on any atom is -0.378 e. The molecule has 1 nitrogen and oxygen atoms in total. The molecule has 0 N–H and O–H groups in total. The van der Waals surface area contributed by atoms with E-state index < -0.39 is 0 Å². The van der Waals surface area contributed by atoms with Gasteiger partial charge in [-0.15, -0.1) is 11.6 Å². The molecular weight excluding hydrogens is 208 g/mol. The zero-order valence-electron chi connectivity index (χ0n) is 10.0. The Morgan fingerprint density at radius 1 is 1.13 bits per heavy atom. The van der Waals surface area contributed by atoms with Gasteiger partial charge in [0.05, 0.1) is 6.10 Å². The van der Waals surface area contributed by atoms with Crippen LogP contribution in [0.3, 0.4) is 0 Å². The lowest BCUT2D eigenvalue weighted by molar-refractivity contribution is 0.0359. The van der Waals surface area contributed by atoms with E-state index in [0.717, 1.165) is 18.9 Å².